The van der Waals surface area contributed by atoms with Gasteiger partial charge in [0.15, 0.2) is 0 Å². The molecule has 19 heavy (non-hydrogen) atoms. The zero-order valence-corrected chi connectivity index (χ0v) is 13.6. The summed E-state index contributed by atoms with van der Waals surface area (Å²) in [5.41, 5.74) is 2.77. The van der Waals surface area contributed by atoms with Crippen LogP contribution in [0.2, 0.25) is 5.15 Å². The molecule has 0 aliphatic carbocycles. The number of halogens is 2. The Bertz CT molecular complexity index is 612. The molecule has 1 unspecified atom stereocenters. The number of carbonyl (C=O) groups excluding carboxylic acids is 1. The molecule has 0 radical (unpaired) electrons. The quantitative estimate of drug-likeness (QED) is 0.492. The lowest BCUT2D eigenvalue weighted by molar-refractivity contribution is -0.147. The second-order valence-electron chi connectivity index (χ2n) is 4.30. The van der Waals surface area contributed by atoms with Gasteiger partial charge in [0, 0.05) is 5.56 Å². The van der Waals surface area contributed by atoms with Crippen LogP contribution in [0.5, 0.6) is 0 Å². The van der Waals surface area contributed by atoms with Crippen molar-refractivity contribution in [1.82, 2.24) is 9.97 Å². The van der Waals surface area contributed by atoms with E-state index < -0.39 is 0 Å². The Morgan fingerprint density at radius 1 is 1.58 bits per heavy atom. The normalized spacial score (nSPS) is 12.6. The zero-order chi connectivity index (χ0) is 14.0. The van der Waals surface area contributed by atoms with E-state index in [0.29, 0.717) is 18.2 Å². The summed E-state index contributed by atoms with van der Waals surface area (Å²) in [6.07, 6.45) is 0.588. The lowest BCUT2D eigenvalue weighted by atomic mass is 10.0. The maximum atomic E-state index is 11.7. The Hall–Kier alpha value is -0.820. The molecule has 0 amide bonds. The molecule has 0 bridgehead atoms. The highest BCUT2D eigenvalue weighted by Crippen LogP contribution is 2.26. The number of esters is 1. The SMILES string of the molecule is CCOC(=O)C(C)Cc1c(I)[nH]c2ccc(Cl)nc12. The fraction of sp³-hybridized carbons (Fsp3) is 0.385. The molecular formula is C13H14ClIN2O2. The number of carbonyl (C=O) groups is 1. The molecule has 0 spiro atoms. The van der Waals surface area contributed by atoms with Gasteiger partial charge in [-0.3, -0.25) is 4.79 Å². The first-order chi connectivity index (χ1) is 9.02. The summed E-state index contributed by atoms with van der Waals surface area (Å²) in [6, 6.07) is 3.64. The molecule has 6 heteroatoms. The van der Waals surface area contributed by atoms with E-state index >= 15 is 0 Å². The van der Waals surface area contributed by atoms with Gasteiger partial charge >= 0.3 is 5.97 Å². The van der Waals surface area contributed by atoms with Crippen molar-refractivity contribution in [2.45, 2.75) is 20.3 Å². The number of fused-ring (bicyclic) bond motifs is 1. The number of aromatic nitrogens is 2. The van der Waals surface area contributed by atoms with E-state index in [0.717, 1.165) is 20.3 Å². The lowest BCUT2D eigenvalue weighted by Gasteiger charge is -2.09. The third-order valence-corrected chi connectivity index (χ3v) is 3.99. The van der Waals surface area contributed by atoms with Crippen molar-refractivity contribution in [1.29, 1.82) is 0 Å². The maximum Gasteiger partial charge on any atom is 0.308 e. The minimum absolute atomic E-state index is 0.185. The summed E-state index contributed by atoms with van der Waals surface area (Å²) in [5.74, 6) is -0.386. The summed E-state index contributed by atoms with van der Waals surface area (Å²) in [6.45, 7) is 4.07. The topological polar surface area (TPSA) is 55.0 Å². The van der Waals surface area contributed by atoms with E-state index in [2.05, 4.69) is 32.6 Å². The molecule has 0 aliphatic heterocycles. The minimum atomic E-state index is -0.201. The molecule has 2 aromatic heterocycles. The van der Waals surface area contributed by atoms with Crippen molar-refractivity contribution in [2.75, 3.05) is 6.61 Å². The molecule has 0 saturated carbocycles. The first-order valence-electron chi connectivity index (χ1n) is 6.02. The first kappa shape index (κ1) is 14.6. The average molecular weight is 393 g/mol. The van der Waals surface area contributed by atoms with E-state index in [1.54, 1.807) is 13.0 Å². The summed E-state index contributed by atoms with van der Waals surface area (Å²) < 4.78 is 6.01. The smallest absolute Gasteiger partial charge is 0.308 e. The van der Waals surface area contributed by atoms with Crippen LogP contribution in [0.4, 0.5) is 0 Å². The molecule has 2 heterocycles. The highest BCUT2D eigenvalue weighted by atomic mass is 127. The highest BCUT2D eigenvalue weighted by Gasteiger charge is 2.19. The first-order valence-corrected chi connectivity index (χ1v) is 7.47. The van der Waals surface area contributed by atoms with Crippen LogP contribution in [0.15, 0.2) is 12.1 Å². The summed E-state index contributed by atoms with van der Waals surface area (Å²) in [7, 11) is 0. The maximum absolute atomic E-state index is 11.7. The van der Waals surface area contributed by atoms with Gasteiger partial charge in [-0.05, 0) is 48.1 Å². The van der Waals surface area contributed by atoms with E-state index in [1.165, 1.54) is 0 Å². The van der Waals surface area contributed by atoms with E-state index in [9.17, 15) is 4.79 Å². The van der Waals surface area contributed by atoms with Crippen LogP contribution in [0.3, 0.4) is 0 Å². The third-order valence-electron chi connectivity index (χ3n) is 2.86. The number of rotatable bonds is 4. The molecule has 102 valence electrons. The Morgan fingerprint density at radius 3 is 3.00 bits per heavy atom. The molecule has 4 nitrogen and oxygen atoms in total. The number of hydrogen-bond donors (Lipinski definition) is 1. The molecule has 2 rings (SSSR count). The minimum Gasteiger partial charge on any atom is -0.466 e. The molecule has 0 fully saturated rings. The van der Waals surface area contributed by atoms with Crippen molar-refractivity contribution >= 4 is 51.2 Å². The number of ether oxygens (including phenoxy) is 1. The van der Waals surface area contributed by atoms with Crippen LogP contribution in [0, 0.1) is 9.62 Å². The number of nitrogens with one attached hydrogen (secondary N) is 1. The number of aromatic amines is 1. The van der Waals surface area contributed by atoms with Crippen LogP contribution in [-0.2, 0) is 16.0 Å². The molecular weight excluding hydrogens is 379 g/mol. The second kappa shape index (κ2) is 6.09. The largest absolute Gasteiger partial charge is 0.466 e. The predicted octanol–water partition coefficient (Wildman–Crippen LogP) is 3.56. The van der Waals surface area contributed by atoms with Crippen molar-refractivity contribution in [3.63, 3.8) is 0 Å². The second-order valence-corrected chi connectivity index (χ2v) is 5.77. The Balaban J connectivity index is 2.31. The van der Waals surface area contributed by atoms with E-state index in [-0.39, 0.29) is 11.9 Å². The molecule has 0 saturated heterocycles. The van der Waals surface area contributed by atoms with E-state index in [4.69, 9.17) is 16.3 Å². The van der Waals surface area contributed by atoms with Gasteiger partial charge < -0.3 is 9.72 Å². The summed E-state index contributed by atoms with van der Waals surface area (Å²) >= 11 is 8.14. The Morgan fingerprint density at radius 2 is 2.32 bits per heavy atom. The fourth-order valence-electron chi connectivity index (χ4n) is 1.92. The number of hydrogen-bond acceptors (Lipinski definition) is 3. The van der Waals surface area contributed by atoms with Gasteiger partial charge in [-0.15, -0.1) is 0 Å². The van der Waals surface area contributed by atoms with Crippen LogP contribution < -0.4 is 0 Å². The van der Waals surface area contributed by atoms with Gasteiger partial charge in [0.05, 0.1) is 27.3 Å². The molecule has 1 atom stereocenters. The number of pyridine rings is 1. The Labute approximate surface area is 130 Å². The van der Waals surface area contributed by atoms with Gasteiger partial charge in [-0.2, -0.15) is 0 Å². The van der Waals surface area contributed by atoms with Crippen LogP contribution in [0.25, 0.3) is 11.0 Å². The van der Waals surface area contributed by atoms with Gasteiger partial charge in [0.1, 0.15) is 5.15 Å². The molecule has 0 aromatic carbocycles. The molecule has 2 aromatic rings. The van der Waals surface area contributed by atoms with Gasteiger partial charge in [-0.25, -0.2) is 4.98 Å². The lowest BCUT2D eigenvalue weighted by Crippen LogP contribution is -2.17. The number of nitrogens with zero attached hydrogens (tertiary/aromatic N) is 1. The number of H-pyrrole nitrogens is 1. The monoisotopic (exact) mass is 392 g/mol. The van der Waals surface area contributed by atoms with Crippen LogP contribution in [-0.4, -0.2) is 22.5 Å². The van der Waals surface area contributed by atoms with Crippen molar-refractivity contribution in [2.24, 2.45) is 5.92 Å². The van der Waals surface area contributed by atoms with Crippen LogP contribution in [0.1, 0.15) is 19.4 Å². The fourth-order valence-corrected chi connectivity index (χ4v) is 2.84. The summed E-state index contributed by atoms with van der Waals surface area (Å²) in [5, 5.41) is 0.452. The van der Waals surface area contributed by atoms with Crippen molar-refractivity contribution in [3.8, 4) is 0 Å². The van der Waals surface area contributed by atoms with Crippen molar-refractivity contribution < 1.29 is 9.53 Å². The van der Waals surface area contributed by atoms with Crippen molar-refractivity contribution in [3.05, 3.63) is 26.5 Å². The standard InChI is InChI=1S/C13H14ClIN2O2/c1-3-19-13(18)7(2)6-8-11-9(16-12(8)15)4-5-10(14)17-11/h4-5,7,16H,3,6H2,1-2H3. The van der Waals surface area contributed by atoms with Gasteiger partial charge in [-0.1, -0.05) is 18.5 Å². The third kappa shape index (κ3) is 3.20. The molecule has 1 N–H and O–H groups in total. The van der Waals surface area contributed by atoms with E-state index in [1.807, 2.05) is 13.0 Å². The summed E-state index contributed by atoms with van der Waals surface area (Å²) in [4.78, 5) is 19.3. The molecule has 0 aliphatic rings. The van der Waals surface area contributed by atoms with Gasteiger partial charge in [0.2, 0.25) is 0 Å². The predicted molar refractivity (Wildman–Crippen MR) is 83.3 cm³/mol. The highest BCUT2D eigenvalue weighted by molar-refractivity contribution is 14.1. The zero-order valence-electron chi connectivity index (χ0n) is 10.7. The van der Waals surface area contributed by atoms with Crippen LogP contribution >= 0.6 is 34.2 Å². The van der Waals surface area contributed by atoms with Gasteiger partial charge in [0.25, 0.3) is 0 Å². The Kier molecular flexibility index (Phi) is 4.67. The average Bonchev–Trinajstić information content (AvgIpc) is 2.66.